The van der Waals surface area contributed by atoms with E-state index in [0.29, 0.717) is 16.0 Å². The Morgan fingerprint density at radius 3 is 2.94 bits per heavy atom. The number of carbonyl (C=O) groups is 1. The van der Waals surface area contributed by atoms with Gasteiger partial charge in [0, 0.05) is 17.3 Å². The molecule has 2 aromatic heterocycles. The lowest BCUT2D eigenvalue weighted by Crippen LogP contribution is -2.19. The monoisotopic (exact) mass is 268 g/mol. The van der Waals surface area contributed by atoms with Crippen molar-refractivity contribution in [1.29, 1.82) is 0 Å². The Labute approximate surface area is 107 Å². The van der Waals surface area contributed by atoms with Crippen molar-refractivity contribution in [2.24, 2.45) is 0 Å². The lowest BCUT2D eigenvalue weighted by molar-refractivity contribution is 0.262. The number of pyridine rings is 1. The number of nitrogens with one attached hydrogen (secondary N) is 2. The lowest BCUT2D eigenvalue weighted by Gasteiger charge is -2.04. The summed E-state index contributed by atoms with van der Waals surface area (Å²) in [5, 5.41) is 8.00. The van der Waals surface area contributed by atoms with E-state index < -0.39 is 0 Å². The molecule has 2 rings (SSSR count). The van der Waals surface area contributed by atoms with Gasteiger partial charge in [0.15, 0.2) is 5.13 Å². The molecule has 5 nitrogen and oxygen atoms in total. The number of halogens is 1. The third kappa shape index (κ3) is 3.40. The first-order chi connectivity index (χ1) is 8.13. The Morgan fingerprint density at radius 1 is 1.47 bits per heavy atom. The van der Waals surface area contributed by atoms with E-state index in [-0.39, 0.29) is 6.03 Å². The van der Waals surface area contributed by atoms with Crippen LogP contribution in [0.2, 0.25) is 5.15 Å². The third-order valence-electron chi connectivity index (χ3n) is 1.82. The molecule has 88 valence electrons. The van der Waals surface area contributed by atoms with Crippen LogP contribution >= 0.6 is 22.9 Å². The Hall–Kier alpha value is -1.66. The number of nitrogens with zero attached hydrogens (tertiary/aromatic N) is 2. The molecular weight excluding hydrogens is 260 g/mol. The normalized spacial score (nSPS) is 10.0. The fourth-order valence-electron chi connectivity index (χ4n) is 1.15. The second-order valence-electron chi connectivity index (χ2n) is 3.24. The zero-order valence-corrected chi connectivity index (χ0v) is 10.5. The first-order valence-electron chi connectivity index (χ1n) is 4.75. The molecule has 0 spiro atoms. The third-order valence-corrected chi connectivity index (χ3v) is 2.91. The zero-order valence-electron chi connectivity index (χ0n) is 8.90. The molecule has 17 heavy (non-hydrogen) atoms. The predicted octanol–water partition coefficient (Wildman–Crippen LogP) is 3.14. The Morgan fingerprint density at radius 2 is 2.29 bits per heavy atom. The van der Waals surface area contributed by atoms with Crippen LogP contribution in [-0.2, 0) is 0 Å². The van der Waals surface area contributed by atoms with Crippen LogP contribution in [0, 0.1) is 6.92 Å². The topological polar surface area (TPSA) is 66.9 Å². The highest BCUT2D eigenvalue weighted by molar-refractivity contribution is 7.13. The van der Waals surface area contributed by atoms with Gasteiger partial charge in [0.05, 0.1) is 5.69 Å². The molecule has 0 aliphatic rings. The van der Waals surface area contributed by atoms with Crippen molar-refractivity contribution in [3.63, 3.8) is 0 Å². The van der Waals surface area contributed by atoms with E-state index in [1.165, 1.54) is 17.5 Å². The van der Waals surface area contributed by atoms with Gasteiger partial charge >= 0.3 is 6.03 Å². The van der Waals surface area contributed by atoms with Crippen molar-refractivity contribution >= 4 is 39.8 Å². The molecule has 7 heteroatoms. The van der Waals surface area contributed by atoms with Crippen LogP contribution < -0.4 is 10.6 Å². The molecule has 0 unspecified atom stereocenters. The summed E-state index contributed by atoms with van der Waals surface area (Å²) in [5.41, 5.74) is 1.45. The first-order valence-corrected chi connectivity index (χ1v) is 6.01. The molecule has 0 aromatic carbocycles. The largest absolute Gasteiger partial charge is 0.325 e. The van der Waals surface area contributed by atoms with Crippen LogP contribution in [-0.4, -0.2) is 16.0 Å². The molecule has 0 fully saturated rings. The second kappa shape index (κ2) is 5.11. The maximum atomic E-state index is 11.6. The highest BCUT2D eigenvalue weighted by Crippen LogP contribution is 2.16. The molecule has 0 saturated heterocycles. The minimum Gasteiger partial charge on any atom is -0.307 e. The summed E-state index contributed by atoms with van der Waals surface area (Å²) in [5.74, 6) is 0. The SMILES string of the molecule is Cc1csc(NC(=O)Nc2ccnc(Cl)c2)n1. The summed E-state index contributed by atoms with van der Waals surface area (Å²) >= 11 is 7.07. The molecule has 0 atom stereocenters. The summed E-state index contributed by atoms with van der Waals surface area (Å²) in [6.45, 7) is 1.86. The second-order valence-corrected chi connectivity index (χ2v) is 4.49. The number of hydrogen-bond donors (Lipinski definition) is 2. The van der Waals surface area contributed by atoms with Gasteiger partial charge in [0.1, 0.15) is 5.15 Å². The zero-order chi connectivity index (χ0) is 12.3. The number of aromatic nitrogens is 2. The summed E-state index contributed by atoms with van der Waals surface area (Å²) in [4.78, 5) is 19.5. The first kappa shape index (κ1) is 11.8. The van der Waals surface area contributed by atoms with Crippen molar-refractivity contribution in [3.05, 3.63) is 34.6 Å². The molecule has 0 bridgehead atoms. The maximum absolute atomic E-state index is 11.6. The van der Waals surface area contributed by atoms with Gasteiger partial charge in [-0.1, -0.05) is 11.6 Å². The molecule has 2 amide bonds. The minimum atomic E-state index is -0.360. The predicted molar refractivity (Wildman–Crippen MR) is 68.7 cm³/mol. The Balaban J connectivity index is 1.98. The van der Waals surface area contributed by atoms with Gasteiger partial charge < -0.3 is 5.32 Å². The number of amides is 2. The number of carbonyl (C=O) groups excluding carboxylic acids is 1. The fraction of sp³-hybridized carbons (Fsp3) is 0.100. The number of anilines is 2. The molecule has 2 N–H and O–H groups in total. The van der Waals surface area contributed by atoms with Gasteiger partial charge in [0.25, 0.3) is 0 Å². The van der Waals surface area contributed by atoms with E-state index in [0.717, 1.165) is 5.69 Å². The van der Waals surface area contributed by atoms with Gasteiger partial charge in [-0.15, -0.1) is 11.3 Å². The van der Waals surface area contributed by atoms with Crippen molar-refractivity contribution in [3.8, 4) is 0 Å². The fourth-order valence-corrected chi connectivity index (χ4v) is 2.01. The standard InChI is InChI=1S/C10H9ClN4OS/c1-6-5-17-10(13-6)15-9(16)14-7-2-3-12-8(11)4-7/h2-5H,1H3,(H2,12,13,14,15,16). The van der Waals surface area contributed by atoms with E-state index in [4.69, 9.17) is 11.6 Å². The minimum absolute atomic E-state index is 0.327. The Kier molecular flexibility index (Phi) is 3.55. The number of thiazole rings is 1. The molecule has 0 saturated carbocycles. The maximum Gasteiger partial charge on any atom is 0.325 e. The van der Waals surface area contributed by atoms with Crippen LogP contribution in [0.3, 0.4) is 0 Å². The lowest BCUT2D eigenvalue weighted by atomic mass is 10.4. The van der Waals surface area contributed by atoms with Crippen molar-refractivity contribution < 1.29 is 4.79 Å². The molecule has 0 aliphatic heterocycles. The summed E-state index contributed by atoms with van der Waals surface area (Å²) in [6, 6.07) is 2.86. The summed E-state index contributed by atoms with van der Waals surface area (Å²) in [7, 11) is 0. The number of hydrogen-bond acceptors (Lipinski definition) is 4. The van der Waals surface area contributed by atoms with Crippen molar-refractivity contribution in [2.45, 2.75) is 6.92 Å². The van der Waals surface area contributed by atoms with E-state index in [1.54, 1.807) is 12.1 Å². The summed E-state index contributed by atoms with van der Waals surface area (Å²) in [6.07, 6.45) is 1.52. The van der Waals surface area contributed by atoms with E-state index >= 15 is 0 Å². The average Bonchev–Trinajstić information content (AvgIpc) is 2.63. The number of urea groups is 1. The van der Waals surface area contributed by atoms with Crippen LogP contribution in [0.15, 0.2) is 23.7 Å². The Bertz CT molecular complexity index is 543. The van der Waals surface area contributed by atoms with Gasteiger partial charge in [-0.05, 0) is 19.1 Å². The smallest absolute Gasteiger partial charge is 0.307 e. The van der Waals surface area contributed by atoms with Crippen molar-refractivity contribution in [2.75, 3.05) is 10.6 Å². The quantitative estimate of drug-likeness (QED) is 0.822. The van der Waals surface area contributed by atoms with E-state index in [9.17, 15) is 4.79 Å². The van der Waals surface area contributed by atoms with E-state index in [1.807, 2.05) is 12.3 Å². The van der Waals surface area contributed by atoms with Gasteiger partial charge in [-0.2, -0.15) is 0 Å². The van der Waals surface area contributed by atoms with Gasteiger partial charge in [-0.25, -0.2) is 14.8 Å². The van der Waals surface area contributed by atoms with Crippen LogP contribution in [0.1, 0.15) is 5.69 Å². The average molecular weight is 269 g/mol. The van der Waals surface area contributed by atoms with Gasteiger partial charge in [0.2, 0.25) is 0 Å². The van der Waals surface area contributed by atoms with Crippen LogP contribution in [0.5, 0.6) is 0 Å². The van der Waals surface area contributed by atoms with Crippen LogP contribution in [0.25, 0.3) is 0 Å². The summed E-state index contributed by atoms with van der Waals surface area (Å²) < 4.78 is 0. The molecule has 0 aliphatic carbocycles. The molecular formula is C10H9ClN4OS. The highest BCUT2D eigenvalue weighted by atomic mass is 35.5. The van der Waals surface area contributed by atoms with E-state index in [2.05, 4.69) is 20.6 Å². The molecule has 2 aromatic rings. The number of aryl methyl sites for hydroxylation is 1. The highest BCUT2D eigenvalue weighted by Gasteiger charge is 2.05. The van der Waals surface area contributed by atoms with Crippen molar-refractivity contribution in [1.82, 2.24) is 9.97 Å². The number of rotatable bonds is 2. The molecule has 0 radical (unpaired) electrons. The van der Waals surface area contributed by atoms with Gasteiger partial charge in [-0.3, -0.25) is 5.32 Å². The molecule has 2 heterocycles. The van der Waals surface area contributed by atoms with Crippen LogP contribution in [0.4, 0.5) is 15.6 Å².